The van der Waals surface area contributed by atoms with E-state index in [1.165, 1.54) is 31.7 Å². The number of hydrogen-bond donors (Lipinski definition) is 1. The van der Waals surface area contributed by atoms with Crippen LogP contribution in [-0.2, 0) is 0 Å². The second-order valence-electron chi connectivity index (χ2n) is 7.30. The second kappa shape index (κ2) is 7.11. The van der Waals surface area contributed by atoms with Gasteiger partial charge in [0.1, 0.15) is 5.82 Å². The van der Waals surface area contributed by atoms with Crippen LogP contribution in [-0.4, -0.2) is 12.1 Å². The van der Waals surface area contributed by atoms with Crippen molar-refractivity contribution in [2.75, 3.05) is 6.54 Å². The first kappa shape index (κ1) is 16.8. The predicted molar refractivity (Wildman–Crippen MR) is 88.5 cm³/mol. The summed E-state index contributed by atoms with van der Waals surface area (Å²) in [7, 11) is 0. The highest BCUT2D eigenvalue weighted by Crippen LogP contribution is 2.39. The van der Waals surface area contributed by atoms with Crippen molar-refractivity contribution in [2.24, 2.45) is 5.92 Å². The quantitative estimate of drug-likeness (QED) is 0.724. The summed E-state index contributed by atoms with van der Waals surface area (Å²) < 4.78 is 13.6. The van der Waals surface area contributed by atoms with Gasteiger partial charge < -0.3 is 5.32 Å². The molecule has 0 aliphatic heterocycles. The van der Waals surface area contributed by atoms with Gasteiger partial charge in [-0.15, -0.1) is 0 Å². The molecule has 2 unspecified atom stereocenters. The third kappa shape index (κ3) is 4.96. The molecule has 1 aromatic carbocycles. The van der Waals surface area contributed by atoms with Crippen molar-refractivity contribution in [1.82, 2.24) is 5.32 Å². The molecule has 1 fully saturated rings. The zero-order valence-corrected chi connectivity index (χ0v) is 14.1. The van der Waals surface area contributed by atoms with Crippen LogP contribution in [0.4, 0.5) is 4.39 Å². The molecule has 0 bridgehead atoms. The largest absolute Gasteiger partial charge is 0.312 e. The summed E-state index contributed by atoms with van der Waals surface area (Å²) in [6, 6.07) is 4.79. The van der Waals surface area contributed by atoms with Crippen LogP contribution in [0.2, 0.25) is 5.02 Å². The smallest absolute Gasteiger partial charge is 0.123 e. The van der Waals surface area contributed by atoms with Gasteiger partial charge >= 0.3 is 0 Å². The molecule has 3 heteroatoms. The maximum atomic E-state index is 13.6. The van der Waals surface area contributed by atoms with Crippen molar-refractivity contribution < 1.29 is 4.39 Å². The fourth-order valence-corrected chi connectivity index (χ4v) is 3.53. The molecule has 0 saturated heterocycles. The molecule has 1 N–H and O–H groups in total. The van der Waals surface area contributed by atoms with Crippen molar-refractivity contribution >= 4 is 11.6 Å². The standard InChI is InChI=1S/C18H27ClFN/c1-18(2,3)21-12-13-7-5-4-6-8-15(13)16-11-14(20)9-10-17(16)19/h9-11,13,15,21H,4-8,12H2,1-3H3. The van der Waals surface area contributed by atoms with Crippen molar-refractivity contribution in [3.8, 4) is 0 Å². The number of rotatable bonds is 3. The van der Waals surface area contributed by atoms with E-state index in [2.05, 4.69) is 26.1 Å². The van der Waals surface area contributed by atoms with E-state index in [4.69, 9.17) is 11.6 Å². The van der Waals surface area contributed by atoms with E-state index in [1.807, 2.05) is 0 Å². The fraction of sp³-hybridized carbons (Fsp3) is 0.667. The summed E-state index contributed by atoms with van der Waals surface area (Å²) in [6.07, 6.45) is 6.05. The molecule has 0 heterocycles. The second-order valence-corrected chi connectivity index (χ2v) is 7.71. The minimum Gasteiger partial charge on any atom is -0.312 e. The Morgan fingerprint density at radius 2 is 1.90 bits per heavy atom. The van der Waals surface area contributed by atoms with E-state index < -0.39 is 0 Å². The molecular formula is C18H27ClFN. The molecule has 0 spiro atoms. The third-order valence-electron chi connectivity index (χ3n) is 4.41. The SMILES string of the molecule is CC(C)(C)NCC1CCCCCC1c1cc(F)ccc1Cl. The van der Waals surface area contributed by atoms with Gasteiger partial charge in [0.15, 0.2) is 0 Å². The molecule has 118 valence electrons. The first-order chi connectivity index (χ1) is 9.87. The molecule has 1 saturated carbocycles. The zero-order chi connectivity index (χ0) is 15.5. The summed E-state index contributed by atoms with van der Waals surface area (Å²) >= 11 is 6.35. The average molecular weight is 312 g/mol. The maximum absolute atomic E-state index is 13.6. The highest BCUT2D eigenvalue weighted by molar-refractivity contribution is 6.31. The van der Waals surface area contributed by atoms with Crippen LogP contribution >= 0.6 is 11.6 Å². The van der Waals surface area contributed by atoms with Gasteiger partial charge in [-0.25, -0.2) is 4.39 Å². The Morgan fingerprint density at radius 1 is 1.19 bits per heavy atom. The number of benzene rings is 1. The monoisotopic (exact) mass is 311 g/mol. The van der Waals surface area contributed by atoms with Gasteiger partial charge in [-0.05, 0) is 75.8 Å². The summed E-state index contributed by atoms with van der Waals surface area (Å²) in [5.41, 5.74) is 1.11. The Balaban J connectivity index is 2.20. The Hall–Kier alpha value is -0.600. The molecule has 2 rings (SSSR count). The molecular weight excluding hydrogens is 285 g/mol. The van der Waals surface area contributed by atoms with Crippen LogP contribution in [0.5, 0.6) is 0 Å². The van der Waals surface area contributed by atoms with Gasteiger partial charge in [0, 0.05) is 10.6 Å². The highest BCUT2D eigenvalue weighted by Gasteiger charge is 2.28. The average Bonchev–Trinajstić information content (AvgIpc) is 2.63. The van der Waals surface area contributed by atoms with Crippen LogP contribution in [0.1, 0.15) is 64.4 Å². The predicted octanol–water partition coefficient (Wildman–Crippen LogP) is 5.53. The lowest BCUT2D eigenvalue weighted by molar-refractivity contribution is 0.322. The summed E-state index contributed by atoms with van der Waals surface area (Å²) in [6.45, 7) is 7.54. The molecule has 1 aliphatic carbocycles. The molecule has 0 amide bonds. The molecule has 1 aliphatic rings. The summed E-state index contributed by atoms with van der Waals surface area (Å²) in [5.74, 6) is 0.720. The fourth-order valence-electron chi connectivity index (χ4n) is 3.27. The van der Waals surface area contributed by atoms with E-state index >= 15 is 0 Å². The number of halogens is 2. The summed E-state index contributed by atoms with van der Waals surface area (Å²) in [4.78, 5) is 0. The zero-order valence-electron chi connectivity index (χ0n) is 13.4. The van der Waals surface area contributed by atoms with E-state index in [0.29, 0.717) is 16.9 Å². The van der Waals surface area contributed by atoms with Gasteiger partial charge in [0.25, 0.3) is 0 Å². The lowest BCUT2D eigenvalue weighted by atomic mass is 9.82. The molecule has 0 aromatic heterocycles. The van der Waals surface area contributed by atoms with Crippen LogP contribution < -0.4 is 5.32 Å². The van der Waals surface area contributed by atoms with Crippen molar-refractivity contribution in [3.63, 3.8) is 0 Å². The van der Waals surface area contributed by atoms with Gasteiger partial charge in [-0.1, -0.05) is 30.9 Å². The normalized spacial score (nSPS) is 23.9. The van der Waals surface area contributed by atoms with Gasteiger partial charge in [0.2, 0.25) is 0 Å². The van der Waals surface area contributed by atoms with Crippen molar-refractivity contribution in [2.45, 2.75) is 64.3 Å². The topological polar surface area (TPSA) is 12.0 Å². The first-order valence-electron chi connectivity index (χ1n) is 8.07. The Bertz CT molecular complexity index is 467. The van der Waals surface area contributed by atoms with E-state index in [0.717, 1.165) is 18.5 Å². The Labute approximate surface area is 133 Å². The van der Waals surface area contributed by atoms with E-state index in [9.17, 15) is 4.39 Å². The first-order valence-corrected chi connectivity index (χ1v) is 8.44. The molecule has 1 nitrogen and oxygen atoms in total. The van der Waals surface area contributed by atoms with Gasteiger partial charge in [-0.2, -0.15) is 0 Å². The molecule has 1 aromatic rings. The third-order valence-corrected chi connectivity index (χ3v) is 4.76. The van der Waals surface area contributed by atoms with E-state index in [-0.39, 0.29) is 11.4 Å². The maximum Gasteiger partial charge on any atom is 0.123 e. The minimum atomic E-state index is -0.179. The Morgan fingerprint density at radius 3 is 2.62 bits per heavy atom. The van der Waals surface area contributed by atoms with Crippen LogP contribution in [0.25, 0.3) is 0 Å². The van der Waals surface area contributed by atoms with Gasteiger partial charge in [-0.3, -0.25) is 0 Å². The minimum absolute atomic E-state index is 0.114. The Kier molecular flexibility index (Phi) is 5.67. The van der Waals surface area contributed by atoms with Crippen LogP contribution in [0.3, 0.4) is 0 Å². The highest BCUT2D eigenvalue weighted by atomic mass is 35.5. The van der Waals surface area contributed by atoms with Gasteiger partial charge in [0.05, 0.1) is 0 Å². The van der Waals surface area contributed by atoms with Crippen molar-refractivity contribution in [3.05, 3.63) is 34.6 Å². The van der Waals surface area contributed by atoms with Crippen LogP contribution in [0, 0.1) is 11.7 Å². The molecule has 0 radical (unpaired) electrons. The number of nitrogens with one attached hydrogen (secondary N) is 1. The van der Waals surface area contributed by atoms with Crippen LogP contribution in [0.15, 0.2) is 18.2 Å². The lowest BCUT2D eigenvalue weighted by Gasteiger charge is -2.30. The molecule has 2 atom stereocenters. The number of hydrogen-bond acceptors (Lipinski definition) is 1. The summed E-state index contributed by atoms with van der Waals surface area (Å²) in [5, 5.41) is 4.33. The van der Waals surface area contributed by atoms with E-state index in [1.54, 1.807) is 12.1 Å². The lowest BCUT2D eigenvalue weighted by Crippen LogP contribution is -2.40. The molecule has 21 heavy (non-hydrogen) atoms. The van der Waals surface area contributed by atoms with Crippen molar-refractivity contribution in [1.29, 1.82) is 0 Å².